The number of alkyl halides is 2. The minimum atomic E-state index is -6.38. The van der Waals surface area contributed by atoms with Gasteiger partial charge >= 0.3 is 11.2 Å². The maximum Gasteiger partial charge on any atom is 0.428 e. The van der Waals surface area contributed by atoms with Gasteiger partial charge in [0.2, 0.25) is 29.1 Å². The maximum atomic E-state index is 13.1. The topological polar surface area (TPSA) is 92.7 Å². The van der Waals surface area contributed by atoms with E-state index in [1.165, 1.54) is 0 Å². The van der Waals surface area contributed by atoms with Crippen molar-refractivity contribution in [2.45, 2.75) is 5.25 Å². The van der Waals surface area contributed by atoms with Gasteiger partial charge < -0.3 is 14.0 Å². The molecule has 0 aromatic heterocycles. The van der Waals surface area contributed by atoms with Crippen LogP contribution in [0.15, 0.2) is 0 Å². The Morgan fingerprint density at radius 2 is 1.33 bits per heavy atom. The van der Waals surface area contributed by atoms with Crippen molar-refractivity contribution >= 4 is 16.1 Å². The van der Waals surface area contributed by atoms with Crippen molar-refractivity contribution < 1.29 is 58.0 Å². The maximum absolute atomic E-state index is 13.1. The molecule has 0 aliphatic rings. The minimum Gasteiger partial charge on any atom is -0.743 e. The highest BCUT2D eigenvalue weighted by atomic mass is 32.2. The molecule has 0 bridgehead atoms. The van der Waals surface area contributed by atoms with Crippen LogP contribution in [0.25, 0.3) is 0 Å². The summed E-state index contributed by atoms with van der Waals surface area (Å²) in [4.78, 5) is 10.7. The van der Waals surface area contributed by atoms with E-state index < -0.39 is 69.4 Å². The molecule has 24 heavy (non-hydrogen) atoms. The molecule has 0 aliphatic heterocycles. The largest absolute Gasteiger partial charge is 0.743 e. The Morgan fingerprint density at radius 1 is 0.917 bits per heavy atom. The molecular weight excluding hydrogens is 381 g/mol. The van der Waals surface area contributed by atoms with E-state index in [9.17, 15) is 48.5 Å². The van der Waals surface area contributed by atoms with E-state index in [-0.39, 0.29) is 0 Å². The van der Waals surface area contributed by atoms with E-state index in [0.717, 1.165) is 0 Å². The molecule has 0 amide bonds. The second-order valence-corrected chi connectivity index (χ2v) is 5.28. The highest BCUT2D eigenvalue weighted by Crippen LogP contribution is 2.29. The fourth-order valence-corrected chi connectivity index (χ4v) is 1.44. The average Bonchev–Trinajstić information content (AvgIpc) is 2.48. The Bertz CT molecular complexity index is 734. The monoisotopic (exact) mass is 385 g/mol. The molecule has 0 N–H and O–H groups in total. The van der Waals surface area contributed by atoms with Crippen molar-refractivity contribution in [3.05, 3.63) is 29.1 Å². The molecule has 0 heterocycles. The number of carbonyl (C=O) groups is 1. The summed E-state index contributed by atoms with van der Waals surface area (Å²) in [5.74, 6) is -16.5. The van der Waals surface area contributed by atoms with Gasteiger partial charge in [0, 0.05) is 0 Å². The predicted molar refractivity (Wildman–Crippen MR) is 57.3 cm³/mol. The Morgan fingerprint density at radius 3 is 1.75 bits per heavy atom. The first-order valence-corrected chi connectivity index (χ1v) is 6.87. The molecule has 0 fully saturated rings. The van der Waals surface area contributed by atoms with Gasteiger partial charge in [-0.1, -0.05) is 0 Å². The van der Waals surface area contributed by atoms with Gasteiger partial charge in [0.15, 0.2) is 15.9 Å². The summed E-state index contributed by atoms with van der Waals surface area (Å²) in [6.45, 7) is -2.48. The lowest BCUT2D eigenvalue weighted by Gasteiger charge is -2.18. The van der Waals surface area contributed by atoms with Crippen molar-refractivity contribution in [3.63, 3.8) is 0 Å². The van der Waals surface area contributed by atoms with Crippen LogP contribution in [0.5, 0.6) is 5.75 Å². The third kappa shape index (κ3) is 3.69. The number of carbonyl (C=O) groups excluding carboxylic acids is 1. The van der Waals surface area contributed by atoms with E-state index in [4.69, 9.17) is 0 Å². The molecule has 14 heteroatoms. The predicted octanol–water partition coefficient (Wildman–Crippen LogP) is 1.44. The first-order valence-electron chi connectivity index (χ1n) is 5.47. The van der Waals surface area contributed by atoms with Gasteiger partial charge in [-0.05, 0) is 0 Å². The Labute approximate surface area is 128 Å². The molecule has 0 radical (unpaired) electrons. The summed E-state index contributed by atoms with van der Waals surface area (Å²) in [7, 11) is -6.38. The van der Waals surface area contributed by atoms with Crippen molar-refractivity contribution in [2.75, 3.05) is 13.2 Å². The highest BCUT2D eigenvalue weighted by molar-refractivity contribution is 7.87. The second kappa shape index (κ2) is 6.80. The van der Waals surface area contributed by atoms with E-state index >= 15 is 0 Å². The number of halogens is 7. The molecule has 0 atom stereocenters. The third-order valence-electron chi connectivity index (χ3n) is 2.28. The molecule has 136 valence electrons. The normalized spacial score (nSPS) is 12.2. The Hall–Kier alpha value is -2.09. The average molecular weight is 385 g/mol. The summed E-state index contributed by atoms with van der Waals surface area (Å²) in [5.41, 5.74) is 0. The number of hydrogen-bond donors (Lipinski definition) is 0. The first kappa shape index (κ1) is 20.0. The van der Waals surface area contributed by atoms with Crippen LogP contribution >= 0.6 is 0 Å². The Balaban J connectivity index is 2.76. The molecular formula is C10H4F7O6S-. The lowest BCUT2D eigenvalue weighted by molar-refractivity contribution is -0.162. The van der Waals surface area contributed by atoms with Crippen molar-refractivity contribution in [1.82, 2.24) is 0 Å². The van der Waals surface area contributed by atoms with Gasteiger partial charge in [0.25, 0.3) is 0 Å². The van der Waals surface area contributed by atoms with E-state index in [2.05, 4.69) is 9.47 Å². The zero-order valence-electron chi connectivity index (χ0n) is 10.9. The molecule has 0 saturated heterocycles. The molecule has 0 spiro atoms. The SMILES string of the molecule is O=C(OCCOc1c(F)c(F)c(F)c(F)c1F)C(F)(F)S(=O)(=O)[O-]. The number of benzene rings is 1. The standard InChI is InChI=1S/C10H5F7O6S/c11-3-4(12)6(14)8(7(15)5(3)13)22-1-2-23-9(18)10(16,17)24(19,20)21/h1-2H2,(H,19,20,21)/p-1. The molecule has 0 unspecified atom stereocenters. The second-order valence-electron chi connectivity index (χ2n) is 3.85. The van der Waals surface area contributed by atoms with Crippen LogP contribution in [0.4, 0.5) is 30.7 Å². The van der Waals surface area contributed by atoms with Crippen LogP contribution in [-0.2, 0) is 19.6 Å². The first-order chi connectivity index (χ1) is 10.8. The lowest BCUT2D eigenvalue weighted by Crippen LogP contribution is -2.39. The van der Waals surface area contributed by atoms with Crippen LogP contribution in [0.2, 0.25) is 0 Å². The van der Waals surface area contributed by atoms with Gasteiger partial charge in [-0.25, -0.2) is 26.4 Å². The molecule has 1 rings (SSSR count). The molecule has 0 aliphatic carbocycles. The van der Waals surface area contributed by atoms with E-state index in [1.54, 1.807) is 0 Å². The molecule has 1 aromatic carbocycles. The Kier molecular flexibility index (Phi) is 5.66. The van der Waals surface area contributed by atoms with Gasteiger partial charge in [0.05, 0.1) is 0 Å². The summed E-state index contributed by atoms with van der Waals surface area (Å²) >= 11 is 0. The van der Waals surface area contributed by atoms with Crippen LogP contribution in [0, 0.1) is 29.1 Å². The molecule has 1 aromatic rings. The van der Waals surface area contributed by atoms with Crippen LogP contribution in [0.3, 0.4) is 0 Å². The van der Waals surface area contributed by atoms with Gasteiger partial charge in [-0.2, -0.15) is 17.6 Å². The lowest BCUT2D eigenvalue weighted by atomic mass is 10.2. The smallest absolute Gasteiger partial charge is 0.428 e. The zero-order chi connectivity index (χ0) is 18.9. The van der Waals surface area contributed by atoms with E-state index in [1.807, 2.05) is 0 Å². The quantitative estimate of drug-likeness (QED) is 0.184. The fourth-order valence-electron chi connectivity index (χ4n) is 1.18. The third-order valence-corrected chi connectivity index (χ3v) is 3.08. The summed E-state index contributed by atoms with van der Waals surface area (Å²) in [6, 6.07) is 0. The van der Waals surface area contributed by atoms with Crippen molar-refractivity contribution in [1.29, 1.82) is 0 Å². The number of esters is 1. The van der Waals surface area contributed by atoms with E-state index in [0.29, 0.717) is 0 Å². The zero-order valence-corrected chi connectivity index (χ0v) is 11.7. The van der Waals surface area contributed by atoms with Crippen molar-refractivity contribution in [2.24, 2.45) is 0 Å². The van der Waals surface area contributed by atoms with Gasteiger partial charge in [-0.3, -0.25) is 0 Å². The number of hydrogen-bond acceptors (Lipinski definition) is 6. The molecule has 6 nitrogen and oxygen atoms in total. The number of rotatable bonds is 6. The van der Waals surface area contributed by atoms with Gasteiger partial charge in [0.1, 0.15) is 13.2 Å². The summed E-state index contributed by atoms with van der Waals surface area (Å²) in [5, 5.41) is -5.43. The number of ether oxygens (including phenoxy) is 2. The van der Waals surface area contributed by atoms with Crippen LogP contribution in [-0.4, -0.2) is 37.4 Å². The highest BCUT2D eigenvalue weighted by Gasteiger charge is 2.48. The van der Waals surface area contributed by atoms with Gasteiger partial charge in [-0.15, -0.1) is 0 Å². The fraction of sp³-hybridized carbons (Fsp3) is 0.300. The summed E-state index contributed by atoms with van der Waals surface area (Å²) in [6.07, 6.45) is 0. The van der Waals surface area contributed by atoms with Crippen LogP contribution in [0.1, 0.15) is 0 Å². The summed E-state index contributed by atoms with van der Waals surface area (Å²) < 4.78 is 128. The molecule has 0 saturated carbocycles. The van der Waals surface area contributed by atoms with Crippen molar-refractivity contribution in [3.8, 4) is 5.75 Å². The van der Waals surface area contributed by atoms with Crippen LogP contribution < -0.4 is 4.74 Å². The minimum absolute atomic E-state index is 1.20.